The first-order valence-electron chi connectivity index (χ1n) is 7.93. The summed E-state index contributed by atoms with van der Waals surface area (Å²) in [6.07, 6.45) is 5.19. The van der Waals surface area contributed by atoms with Gasteiger partial charge in [-0.2, -0.15) is 0 Å². The van der Waals surface area contributed by atoms with Crippen molar-refractivity contribution in [3.8, 4) is 11.1 Å². The van der Waals surface area contributed by atoms with E-state index in [9.17, 15) is 0 Å². The van der Waals surface area contributed by atoms with Crippen LogP contribution in [0.4, 0.5) is 0 Å². The highest BCUT2D eigenvalue weighted by molar-refractivity contribution is 5.90. The molecule has 0 N–H and O–H groups in total. The van der Waals surface area contributed by atoms with E-state index in [0.29, 0.717) is 0 Å². The summed E-state index contributed by atoms with van der Waals surface area (Å²) in [6, 6.07) is 20.4. The Hall–Kier alpha value is -2.08. The van der Waals surface area contributed by atoms with Gasteiger partial charge in [-0.05, 0) is 77.3 Å². The molecule has 0 heteroatoms. The molecule has 0 spiro atoms. The molecule has 21 heavy (non-hydrogen) atoms. The van der Waals surface area contributed by atoms with Gasteiger partial charge in [0.05, 0.1) is 0 Å². The molecule has 0 unspecified atom stereocenters. The molecule has 0 aromatic heterocycles. The summed E-state index contributed by atoms with van der Waals surface area (Å²) in [5.74, 6) is 0. The fourth-order valence-corrected chi connectivity index (χ4v) is 3.58. The van der Waals surface area contributed by atoms with Crippen LogP contribution >= 0.6 is 0 Å². The minimum absolute atomic E-state index is 1.25. The molecular formula is C21H20. The summed E-state index contributed by atoms with van der Waals surface area (Å²) in [6.45, 7) is 2.21. The van der Waals surface area contributed by atoms with Crippen molar-refractivity contribution in [2.24, 2.45) is 0 Å². The third-order valence-corrected chi connectivity index (χ3v) is 4.75. The van der Waals surface area contributed by atoms with Crippen LogP contribution in [0.5, 0.6) is 0 Å². The van der Waals surface area contributed by atoms with Crippen molar-refractivity contribution in [1.82, 2.24) is 0 Å². The van der Waals surface area contributed by atoms with Gasteiger partial charge in [-0.25, -0.2) is 0 Å². The van der Waals surface area contributed by atoms with Gasteiger partial charge in [0.15, 0.2) is 0 Å². The number of benzene rings is 3. The molecule has 3 aromatic carbocycles. The Balaban J connectivity index is 1.86. The van der Waals surface area contributed by atoms with Crippen molar-refractivity contribution >= 4 is 10.8 Å². The van der Waals surface area contributed by atoms with Crippen molar-refractivity contribution in [1.29, 1.82) is 0 Å². The molecule has 0 amide bonds. The first-order chi connectivity index (χ1) is 10.3. The molecule has 0 saturated heterocycles. The molecule has 0 atom stereocenters. The van der Waals surface area contributed by atoms with E-state index in [4.69, 9.17) is 0 Å². The summed E-state index contributed by atoms with van der Waals surface area (Å²) in [5.41, 5.74) is 7.19. The average Bonchev–Trinajstić information content (AvgIpc) is 2.54. The number of hydrogen-bond donors (Lipinski definition) is 0. The lowest BCUT2D eigenvalue weighted by atomic mass is 9.88. The fraction of sp³-hybridized carbons (Fsp3) is 0.238. The summed E-state index contributed by atoms with van der Waals surface area (Å²) in [7, 11) is 0. The minimum Gasteiger partial charge on any atom is -0.0616 e. The molecule has 0 aliphatic heterocycles. The van der Waals surface area contributed by atoms with Crippen LogP contribution in [0.25, 0.3) is 21.9 Å². The van der Waals surface area contributed by atoms with Gasteiger partial charge in [-0.3, -0.25) is 0 Å². The lowest BCUT2D eigenvalue weighted by Crippen LogP contribution is -2.02. The number of fused-ring (bicyclic) bond motifs is 2. The van der Waals surface area contributed by atoms with E-state index in [1.807, 2.05) is 0 Å². The summed E-state index contributed by atoms with van der Waals surface area (Å²) in [5, 5.41) is 2.70. The van der Waals surface area contributed by atoms with Crippen LogP contribution in [0.3, 0.4) is 0 Å². The quantitative estimate of drug-likeness (QED) is 0.533. The second kappa shape index (κ2) is 5.04. The maximum atomic E-state index is 2.41. The normalized spacial score (nSPS) is 14.1. The lowest BCUT2D eigenvalue weighted by Gasteiger charge is -2.17. The Morgan fingerprint density at radius 1 is 0.714 bits per heavy atom. The maximum Gasteiger partial charge on any atom is -0.0154 e. The molecule has 0 saturated carbocycles. The van der Waals surface area contributed by atoms with E-state index in [2.05, 4.69) is 61.5 Å². The average molecular weight is 272 g/mol. The summed E-state index contributed by atoms with van der Waals surface area (Å²) in [4.78, 5) is 0. The molecule has 0 heterocycles. The monoisotopic (exact) mass is 272 g/mol. The van der Waals surface area contributed by atoms with E-state index < -0.39 is 0 Å². The Bertz CT molecular complexity index is 811. The Morgan fingerprint density at radius 2 is 1.52 bits per heavy atom. The molecular weight excluding hydrogens is 252 g/mol. The maximum absolute atomic E-state index is 2.41. The highest BCUT2D eigenvalue weighted by Gasteiger charge is 2.10. The van der Waals surface area contributed by atoms with Crippen molar-refractivity contribution in [2.45, 2.75) is 32.6 Å². The second-order valence-electron chi connectivity index (χ2n) is 6.20. The van der Waals surface area contributed by atoms with Crippen molar-refractivity contribution in [3.63, 3.8) is 0 Å². The topological polar surface area (TPSA) is 0 Å². The van der Waals surface area contributed by atoms with Crippen molar-refractivity contribution in [3.05, 3.63) is 71.3 Å². The molecule has 4 rings (SSSR count). The Kier molecular flexibility index (Phi) is 3.03. The number of hydrogen-bond acceptors (Lipinski definition) is 0. The van der Waals surface area contributed by atoms with Crippen LogP contribution in [0, 0.1) is 6.92 Å². The fourth-order valence-electron chi connectivity index (χ4n) is 3.58. The van der Waals surface area contributed by atoms with Crippen LogP contribution in [0.1, 0.15) is 29.5 Å². The van der Waals surface area contributed by atoms with Gasteiger partial charge in [0.25, 0.3) is 0 Å². The van der Waals surface area contributed by atoms with Crippen LogP contribution in [-0.2, 0) is 12.8 Å². The molecule has 104 valence electrons. The van der Waals surface area contributed by atoms with Crippen molar-refractivity contribution in [2.75, 3.05) is 0 Å². The Labute approximate surface area is 126 Å². The zero-order valence-electron chi connectivity index (χ0n) is 12.5. The van der Waals surface area contributed by atoms with Gasteiger partial charge >= 0.3 is 0 Å². The van der Waals surface area contributed by atoms with Gasteiger partial charge in [-0.15, -0.1) is 0 Å². The third kappa shape index (κ3) is 2.25. The SMILES string of the molecule is Cc1cc(-c2ccc3c(c2)CCCC3)cc2ccccc12. The molecule has 0 nitrogen and oxygen atoms in total. The Morgan fingerprint density at radius 3 is 2.43 bits per heavy atom. The molecule has 0 fully saturated rings. The van der Waals surface area contributed by atoms with Gasteiger partial charge < -0.3 is 0 Å². The molecule has 1 aliphatic rings. The van der Waals surface area contributed by atoms with Gasteiger partial charge in [0.2, 0.25) is 0 Å². The highest BCUT2D eigenvalue weighted by atomic mass is 14.2. The van der Waals surface area contributed by atoms with Crippen LogP contribution < -0.4 is 0 Å². The van der Waals surface area contributed by atoms with E-state index in [-0.39, 0.29) is 0 Å². The van der Waals surface area contributed by atoms with Crippen molar-refractivity contribution < 1.29 is 0 Å². The van der Waals surface area contributed by atoms with E-state index in [1.54, 1.807) is 11.1 Å². The highest BCUT2D eigenvalue weighted by Crippen LogP contribution is 2.30. The number of aryl methyl sites for hydroxylation is 3. The number of rotatable bonds is 1. The zero-order valence-corrected chi connectivity index (χ0v) is 12.5. The van der Waals surface area contributed by atoms with E-state index in [1.165, 1.54) is 53.1 Å². The summed E-state index contributed by atoms with van der Waals surface area (Å²) >= 11 is 0. The smallest absolute Gasteiger partial charge is 0.0154 e. The second-order valence-corrected chi connectivity index (χ2v) is 6.20. The van der Waals surface area contributed by atoms with Gasteiger partial charge in [0.1, 0.15) is 0 Å². The third-order valence-electron chi connectivity index (χ3n) is 4.75. The molecule has 0 radical (unpaired) electrons. The lowest BCUT2D eigenvalue weighted by molar-refractivity contribution is 0.686. The van der Waals surface area contributed by atoms with E-state index in [0.717, 1.165) is 0 Å². The van der Waals surface area contributed by atoms with Crippen LogP contribution in [0.2, 0.25) is 0 Å². The first kappa shape index (κ1) is 12.6. The van der Waals surface area contributed by atoms with Crippen LogP contribution in [0.15, 0.2) is 54.6 Å². The predicted molar refractivity (Wildman–Crippen MR) is 90.8 cm³/mol. The zero-order chi connectivity index (χ0) is 14.2. The first-order valence-corrected chi connectivity index (χ1v) is 7.93. The summed E-state index contributed by atoms with van der Waals surface area (Å²) < 4.78 is 0. The van der Waals surface area contributed by atoms with Gasteiger partial charge in [0, 0.05) is 0 Å². The molecule has 3 aromatic rings. The molecule has 1 aliphatic carbocycles. The molecule has 0 bridgehead atoms. The van der Waals surface area contributed by atoms with E-state index >= 15 is 0 Å². The van der Waals surface area contributed by atoms with Gasteiger partial charge in [-0.1, -0.05) is 48.5 Å². The van der Waals surface area contributed by atoms with Crippen LogP contribution in [-0.4, -0.2) is 0 Å². The largest absolute Gasteiger partial charge is 0.0616 e. The predicted octanol–water partition coefficient (Wildman–Crippen LogP) is 5.69. The minimum atomic E-state index is 1.25. The standard InChI is InChI=1S/C21H20/c1-15-12-20(14-19-8-4-5-9-21(15)19)18-11-10-16-6-2-3-7-17(16)13-18/h4-5,8-14H,2-3,6-7H2,1H3.